The van der Waals surface area contributed by atoms with Gasteiger partial charge in [0.05, 0.1) is 6.04 Å². The van der Waals surface area contributed by atoms with Gasteiger partial charge in [0.25, 0.3) is 6.02 Å². The maximum Gasteiger partial charge on any atom is 0.285 e. The Morgan fingerprint density at radius 1 is 1.29 bits per heavy atom. The van der Waals surface area contributed by atoms with Gasteiger partial charge in [-0.05, 0) is 12.5 Å². The highest BCUT2D eigenvalue weighted by atomic mass is 16.5. The minimum Gasteiger partial charge on any atom is -0.455 e. The van der Waals surface area contributed by atoms with Crippen LogP contribution in [0.5, 0.6) is 0 Å². The Morgan fingerprint density at radius 2 is 2.00 bits per heavy atom. The minimum atomic E-state index is 0.0786. The number of nitrogens with zero attached hydrogens (tertiary/aromatic N) is 1. The zero-order valence-corrected chi connectivity index (χ0v) is 8.40. The molecule has 3 nitrogen and oxygen atoms in total. The molecule has 1 aliphatic rings. The monoisotopic (exact) mass is 190 g/mol. The molecule has 0 aromatic heterocycles. The second-order valence-corrected chi connectivity index (χ2v) is 3.41. The number of nitrogens with one attached hydrogen (secondary N) is 1. The third-order valence-electron chi connectivity index (χ3n) is 2.38. The Balaban J connectivity index is 2.21. The number of aliphatic imine (C=N–C) groups is 1. The molecule has 0 bridgehead atoms. The van der Waals surface area contributed by atoms with Crippen molar-refractivity contribution in [2.24, 2.45) is 4.99 Å². The van der Waals surface area contributed by atoms with Gasteiger partial charge < -0.3 is 10.1 Å². The average molecular weight is 190 g/mol. The van der Waals surface area contributed by atoms with E-state index in [2.05, 4.69) is 29.4 Å². The van der Waals surface area contributed by atoms with Crippen molar-refractivity contribution in [2.75, 3.05) is 7.05 Å². The smallest absolute Gasteiger partial charge is 0.285 e. The molecule has 0 aliphatic carbocycles. The van der Waals surface area contributed by atoms with Crippen LogP contribution >= 0.6 is 0 Å². The van der Waals surface area contributed by atoms with Crippen LogP contribution in [0.3, 0.4) is 0 Å². The SMILES string of the molecule is CN=C1N[C@@H](C)[C@H](c2ccccc2)O1. The second-order valence-electron chi connectivity index (χ2n) is 3.41. The van der Waals surface area contributed by atoms with Gasteiger partial charge in [-0.1, -0.05) is 30.3 Å². The molecule has 1 aliphatic heterocycles. The zero-order valence-electron chi connectivity index (χ0n) is 8.40. The third kappa shape index (κ3) is 1.58. The first-order valence-corrected chi connectivity index (χ1v) is 4.76. The van der Waals surface area contributed by atoms with Gasteiger partial charge >= 0.3 is 0 Å². The molecule has 1 aromatic rings. The fourth-order valence-corrected chi connectivity index (χ4v) is 1.64. The summed E-state index contributed by atoms with van der Waals surface area (Å²) in [5, 5.41) is 3.18. The molecule has 0 radical (unpaired) electrons. The van der Waals surface area contributed by atoms with E-state index in [1.165, 1.54) is 5.56 Å². The maximum absolute atomic E-state index is 5.65. The van der Waals surface area contributed by atoms with E-state index in [0.717, 1.165) is 0 Å². The molecule has 0 spiro atoms. The Bertz CT molecular complexity index is 334. The van der Waals surface area contributed by atoms with Crippen LogP contribution in [-0.4, -0.2) is 19.1 Å². The van der Waals surface area contributed by atoms with Crippen LogP contribution in [0.15, 0.2) is 35.3 Å². The minimum absolute atomic E-state index is 0.0786. The van der Waals surface area contributed by atoms with Crippen molar-refractivity contribution in [3.8, 4) is 0 Å². The first-order valence-electron chi connectivity index (χ1n) is 4.76. The number of hydrogen-bond acceptors (Lipinski definition) is 2. The zero-order chi connectivity index (χ0) is 9.97. The number of ether oxygens (including phenoxy) is 1. The molecule has 2 atom stereocenters. The number of rotatable bonds is 1. The summed E-state index contributed by atoms with van der Waals surface area (Å²) in [6, 6.07) is 11.1. The van der Waals surface area contributed by atoms with E-state index in [9.17, 15) is 0 Å². The van der Waals surface area contributed by atoms with E-state index in [-0.39, 0.29) is 12.1 Å². The van der Waals surface area contributed by atoms with E-state index in [4.69, 9.17) is 4.74 Å². The lowest BCUT2D eigenvalue weighted by Gasteiger charge is -2.12. The number of benzene rings is 1. The summed E-state index contributed by atoms with van der Waals surface area (Å²) in [6.07, 6.45) is 0.0786. The lowest BCUT2D eigenvalue weighted by molar-refractivity contribution is 0.209. The van der Waals surface area contributed by atoms with Crippen molar-refractivity contribution >= 4 is 6.02 Å². The normalized spacial score (nSPS) is 28.6. The predicted octanol–water partition coefficient (Wildman–Crippen LogP) is 1.72. The maximum atomic E-state index is 5.65. The fraction of sp³-hybridized carbons (Fsp3) is 0.364. The van der Waals surface area contributed by atoms with Crippen molar-refractivity contribution < 1.29 is 4.74 Å². The topological polar surface area (TPSA) is 33.6 Å². The summed E-state index contributed by atoms with van der Waals surface area (Å²) in [5.74, 6) is 0. The molecule has 0 unspecified atom stereocenters. The fourth-order valence-electron chi connectivity index (χ4n) is 1.64. The largest absolute Gasteiger partial charge is 0.455 e. The molecule has 1 N–H and O–H groups in total. The van der Waals surface area contributed by atoms with Gasteiger partial charge in [-0.2, -0.15) is 0 Å². The molecule has 1 fully saturated rings. The highest BCUT2D eigenvalue weighted by molar-refractivity contribution is 5.76. The van der Waals surface area contributed by atoms with Gasteiger partial charge in [0.15, 0.2) is 0 Å². The van der Waals surface area contributed by atoms with E-state index in [1.807, 2.05) is 18.2 Å². The van der Waals surface area contributed by atoms with Gasteiger partial charge in [-0.25, -0.2) is 4.99 Å². The summed E-state index contributed by atoms with van der Waals surface area (Å²) >= 11 is 0. The molecule has 2 rings (SSSR count). The first kappa shape index (κ1) is 9.06. The first-order chi connectivity index (χ1) is 6.81. The van der Waals surface area contributed by atoms with Gasteiger partial charge in [0.2, 0.25) is 0 Å². The molecular formula is C11H14N2O. The van der Waals surface area contributed by atoms with E-state index in [1.54, 1.807) is 7.05 Å². The molecule has 1 aromatic carbocycles. The van der Waals surface area contributed by atoms with Crippen LogP contribution in [0.25, 0.3) is 0 Å². The van der Waals surface area contributed by atoms with Crippen molar-refractivity contribution in [2.45, 2.75) is 19.1 Å². The Kier molecular flexibility index (Phi) is 2.39. The van der Waals surface area contributed by atoms with Crippen LogP contribution < -0.4 is 5.32 Å². The predicted molar refractivity (Wildman–Crippen MR) is 56.2 cm³/mol. The number of amidine groups is 1. The van der Waals surface area contributed by atoms with E-state index in [0.29, 0.717) is 6.02 Å². The summed E-state index contributed by atoms with van der Waals surface area (Å²) in [5.41, 5.74) is 1.19. The standard InChI is InChI=1S/C11H14N2O/c1-8-10(14-11(12-2)13-8)9-6-4-3-5-7-9/h3-8,10H,1-2H3,(H,12,13)/t8-,10+/m0/s1. The van der Waals surface area contributed by atoms with Crippen molar-refractivity contribution in [3.05, 3.63) is 35.9 Å². The van der Waals surface area contributed by atoms with Crippen LogP contribution in [-0.2, 0) is 4.74 Å². The Hall–Kier alpha value is -1.51. The van der Waals surface area contributed by atoms with Gasteiger partial charge in [-0.15, -0.1) is 0 Å². The summed E-state index contributed by atoms with van der Waals surface area (Å²) in [4.78, 5) is 4.00. The molecule has 74 valence electrons. The van der Waals surface area contributed by atoms with Gasteiger partial charge in [-0.3, -0.25) is 0 Å². The molecule has 0 amide bonds. The molecule has 14 heavy (non-hydrogen) atoms. The van der Waals surface area contributed by atoms with Crippen molar-refractivity contribution in [3.63, 3.8) is 0 Å². The summed E-state index contributed by atoms with van der Waals surface area (Å²) in [7, 11) is 1.72. The summed E-state index contributed by atoms with van der Waals surface area (Å²) < 4.78 is 5.65. The van der Waals surface area contributed by atoms with Crippen LogP contribution in [0, 0.1) is 0 Å². The molecule has 0 saturated carbocycles. The quantitative estimate of drug-likeness (QED) is 0.731. The highest BCUT2D eigenvalue weighted by Gasteiger charge is 2.29. The number of hydrogen-bond donors (Lipinski definition) is 1. The average Bonchev–Trinajstić information content (AvgIpc) is 2.61. The lowest BCUT2D eigenvalue weighted by Crippen LogP contribution is -2.24. The summed E-state index contributed by atoms with van der Waals surface area (Å²) in [6.45, 7) is 2.09. The van der Waals surface area contributed by atoms with Gasteiger partial charge in [0.1, 0.15) is 6.10 Å². The van der Waals surface area contributed by atoms with E-state index >= 15 is 0 Å². The van der Waals surface area contributed by atoms with Crippen molar-refractivity contribution in [1.82, 2.24) is 5.32 Å². The molecular weight excluding hydrogens is 176 g/mol. The second kappa shape index (κ2) is 3.70. The third-order valence-corrected chi connectivity index (χ3v) is 2.38. The Labute approximate surface area is 83.8 Å². The van der Waals surface area contributed by atoms with Crippen LogP contribution in [0.2, 0.25) is 0 Å². The molecule has 1 heterocycles. The van der Waals surface area contributed by atoms with Crippen LogP contribution in [0.1, 0.15) is 18.6 Å². The van der Waals surface area contributed by atoms with E-state index < -0.39 is 0 Å². The van der Waals surface area contributed by atoms with Crippen molar-refractivity contribution in [1.29, 1.82) is 0 Å². The Morgan fingerprint density at radius 3 is 2.57 bits per heavy atom. The highest BCUT2D eigenvalue weighted by Crippen LogP contribution is 2.25. The lowest BCUT2D eigenvalue weighted by atomic mass is 10.0. The molecule has 1 saturated heterocycles. The van der Waals surface area contributed by atoms with Gasteiger partial charge in [0, 0.05) is 7.05 Å². The molecule has 3 heteroatoms. The van der Waals surface area contributed by atoms with Crippen LogP contribution in [0.4, 0.5) is 0 Å².